The Hall–Kier alpha value is -2.80. The van der Waals surface area contributed by atoms with Crippen LogP contribution in [0.4, 0.5) is 10.1 Å². The molecule has 2 aromatic carbocycles. The fourth-order valence-electron chi connectivity index (χ4n) is 2.13. The minimum absolute atomic E-state index is 0.0624. The molecule has 0 spiro atoms. The number of halogens is 1. The number of nitrogens with one attached hydrogen (secondary N) is 1. The second-order valence-electron chi connectivity index (χ2n) is 4.96. The number of rotatable bonds is 6. The minimum Gasteiger partial charge on any atom is -0.493 e. The van der Waals surface area contributed by atoms with Crippen LogP contribution in [0, 0.1) is 5.82 Å². The van der Waals surface area contributed by atoms with E-state index in [0.717, 1.165) is 0 Å². The van der Waals surface area contributed by atoms with Crippen molar-refractivity contribution in [3.05, 3.63) is 53.8 Å². The first-order valence-electron chi connectivity index (χ1n) is 7.26. The number of nitrogens with two attached hydrogens (primary N) is 1. The van der Waals surface area contributed by atoms with E-state index in [1.807, 2.05) is 0 Å². The molecule has 0 amide bonds. The van der Waals surface area contributed by atoms with Gasteiger partial charge < -0.3 is 25.6 Å². The summed E-state index contributed by atoms with van der Waals surface area (Å²) in [6.07, 6.45) is -1.07. The van der Waals surface area contributed by atoms with Crippen molar-refractivity contribution in [3.63, 3.8) is 0 Å². The number of nitrogens with zero attached hydrogens (tertiary/aromatic N) is 1. The lowest BCUT2D eigenvalue weighted by Crippen LogP contribution is -2.23. The summed E-state index contributed by atoms with van der Waals surface area (Å²) in [5.74, 6) is 0.749. The van der Waals surface area contributed by atoms with E-state index in [1.165, 1.54) is 19.2 Å². The summed E-state index contributed by atoms with van der Waals surface area (Å²) in [7, 11) is 3.08. The predicted molar refractivity (Wildman–Crippen MR) is 91.0 cm³/mol. The van der Waals surface area contributed by atoms with E-state index in [-0.39, 0.29) is 18.1 Å². The summed E-state index contributed by atoms with van der Waals surface area (Å²) in [6, 6.07) is 11.2. The number of guanidine groups is 1. The maximum Gasteiger partial charge on any atom is 0.193 e. The maximum atomic E-state index is 13.6. The molecule has 2 aromatic rings. The van der Waals surface area contributed by atoms with Crippen molar-refractivity contribution in [3.8, 4) is 11.5 Å². The molecule has 0 saturated heterocycles. The van der Waals surface area contributed by atoms with Gasteiger partial charge in [0.25, 0.3) is 0 Å². The van der Waals surface area contributed by atoms with Gasteiger partial charge in [-0.05, 0) is 18.2 Å². The molecule has 0 radical (unpaired) electrons. The van der Waals surface area contributed by atoms with Gasteiger partial charge in [0, 0.05) is 17.3 Å². The molecule has 2 rings (SSSR count). The van der Waals surface area contributed by atoms with Crippen molar-refractivity contribution >= 4 is 11.6 Å². The van der Waals surface area contributed by atoms with Crippen LogP contribution in [0.15, 0.2) is 47.5 Å². The fourth-order valence-corrected chi connectivity index (χ4v) is 2.13. The number of hydrogen-bond acceptors (Lipinski definition) is 4. The van der Waals surface area contributed by atoms with Gasteiger partial charge in [0.15, 0.2) is 17.5 Å². The Morgan fingerprint density at radius 3 is 2.58 bits per heavy atom. The van der Waals surface area contributed by atoms with Gasteiger partial charge in [-0.1, -0.05) is 18.2 Å². The number of aliphatic imine (C=N–C) groups is 1. The normalized spacial score (nSPS) is 12.6. The van der Waals surface area contributed by atoms with Gasteiger partial charge in [-0.15, -0.1) is 0 Å². The quantitative estimate of drug-likeness (QED) is 0.557. The second kappa shape index (κ2) is 8.16. The lowest BCUT2D eigenvalue weighted by atomic mass is 10.1. The number of aliphatic hydroxyl groups excluding tert-OH is 1. The van der Waals surface area contributed by atoms with Gasteiger partial charge >= 0.3 is 0 Å². The van der Waals surface area contributed by atoms with Gasteiger partial charge in [0.1, 0.15) is 11.9 Å². The molecule has 24 heavy (non-hydrogen) atoms. The topological polar surface area (TPSA) is 89.1 Å². The number of ether oxygens (including phenoxy) is 2. The molecule has 128 valence electrons. The van der Waals surface area contributed by atoms with E-state index in [2.05, 4.69) is 10.3 Å². The van der Waals surface area contributed by atoms with Gasteiger partial charge in [-0.25, -0.2) is 4.39 Å². The third kappa shape index (κ3) is 4.36. The molecule has 0 aromatic heterocycles. The summed E-state index contributed by atoms with van der Waals surface area (Å²) < 4.78 is 23.9. The molecular formula is C17H20FN3O3. The number of methoxy groups -OCH3 is 2. The number of benzene rings is 2. The van der Waals surface area contributed by atoms with E-state index in [9.17, 15) is 9.50 Å². The van der Waals surface area contributed by atoms with Crippen LogP contribution in [-0.4, -0.2) is 31.8 Å². The van der Waals surface area contributed by atoms with Gasteiger partial charge in [0.05, 0.1) is 20.8 Å². The minimum atomic E-state index is -1.07. The zero-order chi connectivity index (χ0) is 17.5. The molecule has 7 heteroatoms. The Morgan fingerprint density at radius 1 is 1.21 bits per heavy atom. The zero-order valence-corrected chi connectivity index (χ0v) is 13.5. The van der Waals surface area contributed by atoms with Crippen LogP contribution < -0.4 is 20.5 Å². The lowest BCUT2D eigenvalue weighted by molar-refractivity contribution is 0.182. The van der Waals surface area contributed by atoms with Crippen molar-refractivity contribution in [2.45, 2.75) is 6.10 Å². The van der Waals surface area contributed by atoms with E-state index < -0.39 is 11.9 Å². The van der Waals surface area contributed by atoms with Crippen LogP contribution >= 0.6 is 0 Å². The van der Waals surface area contributed by atoms with Crippen LogP contribution in [0.1, 0.15) is 11.7 Å². The first kappa shape index (κ1) is 17.6. The SMILES string of the molecule is COc1ccc(NC(N)=NCC(O)c2ccccc2F)cc1OC. The van der Waals surface area contributed by atoms with Crippen molar-refractivity contribution in [2.24, 2.45) is 10.7 Å². The summed E-state index contributed by atoms with van der Waals surface area (Å²) in [6.45, 7) is -0.0624. The summed E-state index contributed by atoms with van der Waals surface area (Å²) in [5.41, 5.74) is 6.62. The Balaban J connectivity index is 2.03. The molecule has 0 heterocycles. The molecule has 1 unspecified atom stereocenters. The molecule has 0 aliphatic heterocycles. The van der Waals surface area contributed by atoms with Crippen molar-refractivity contribution in [1.82, 2.24) is 0 Å². The van der Waals surface area contributed by atoms with E-state index in [1.54, 1.807) is 37.4 Å². The van der Waals surface area contributed by atoms with Crippen molar-refractivity contribution in [2.75, 3.05) is 26.1 Å². The molecule has 1 atom stereocenters. The average Bonchev–Trinajstić information content (AvgIpc) is 2.60. The highest BCUT2D eigenvalue weighted by Crippen LogP contribution is 2.29. The van der Waals surface area contributed by atoms with E-state index in [4.69, 9.17) is 15.2 Å². The first-order chi connectivity index (χ1) is 11.5. The first-order valence-corrected chi connectivity index (χ1v) is 7.26. The van der Waals surface area contributed by atoms with Crippen molar-refractivity contribution in [1.29, 1.82) is 0 Å². The monoisotopic (exact) mass is 333 g/mol. The standard InChI is InChI=1S/C17H20FN3O3/c1-23-15-8-7-11(9-16(15)24-2)21-17(19)20-10-14(22)12-5-3-4-6-13(12)18/h3-9,14,22H,10H2,1-2H3,(H3,19,20,21). The number of aliphatic hydroxyl groups is 1. The summed E-state index contributed by atoms with van der Waals surface area (Å²) >= 11 is 0. The maximum absolute atomic E-state index is 13.6. The van der Waals surface area contributed by atoms with E-state index in [0.29, 0.717) is 17.2 Å². The van der Waals surface area contributed by atoms with Gasteiger partial charge in [0.2, 0.25) is 0 Å². The second-order valence-corrected chi connectivity index (χ2v) is 4.96. The van der Waals surface area contributed by atoms with Crippen LogP contribution in [0.25, 0.3) is 0 Å². The van der Waals surface area contributed by atoms with Crippen LogP contribution in [0.2, 0.25) is 0 Å². The highest BCUT2D eigenvalue weighted by molar-refractivity contribution is 5.92. The Labute approximate surface area is 139 Å². The summed E-state index contributed by atoms with van der Waals surface area (Å²) in [4.78, 5) is 4.03. The van der Waals surface area contributed by atoms with Gasteiger partial charge in [-0.3, -0.25) is 4.99 Å². The lowest BCUT2D eigenvalue weighted by Gasteiger charge is -2.12. The summed E-state index contributed by atoms with van der Waals surface area (Å²) in [5, 5.41) is 12.9. The Bertz CT molecular complexity index is 722. The molecule has 0 aliphatic carbocycles. The highest BCUT2D eigenvalue weighted by Gasteiger charge is 2.11. The highest BCUT2D eigenvalue weighted by atomic mass is 19.1. The smallest absolute Gasteiger partial charge is 0.193 e. The van der Waals surface area contributed by atoms with Crippen LogP contribution in [0.3, 0.4) is 0 Å². The third-order valence-electron chi connectivity index (χ3n) is 3.35. The van der Waals surface area contributed by atoms with Crippen LogP contribution in [0.5, 0.6) is 11.5 Å². The zero-order valence-electron chi connectivity index (χ0n) is 13.5. The van der Waals surface area contributed by atoms with Crippen molar-refractivity contribution < 1.29 is 19.0 Å². The molecule has 4 N–H and O–H groups in total. The molecule has 0 aliphatic rings. The largest absolute Gasteiger partial charge is 0.493 e. The van der Waals surface area contributed by atoms with Crippen LogP contribution in [-0.2, 0) is 0 Å². The molecule has 6 nitrogen and oxygen atoms in total. The molecule has 0 bridgehead atoms. The van der Waals surface area contributed by atoms with E-state index >= 15 is 0 Å². The Kier molecular flexibility index (Phi) is 5.97. The molecule has 0 fully saturated rings. The average molecular weight is 333 g/mol. The predicted octanol–water partition coefficient (Wildman–Crippen LogP) is 2.30. The number of anilines is 1. The number of hydrogen-bond donors (Lipinski definition) is 3. The van der Waals surface area contributed by atoms with Gasteiger partial charge in [-0.2, -0.15) is 0 Å². The third-order valence-corrected chi connectivity index (χ3v) is 3.35. The fraction of sp³-hybridized carbons (Fsp3) is 0.235. The molecule has 0 saturated carbocycles. The molecular weight excluding hydrogens is 313 g/mol. The Morgan fingerprint density at radius 2 is 1.92 bits per heavy atom.